The third-order valence-electron chi connectivity index (χ3n) is 5.68. The fourth-order valence-corrected chi connectivity index (χ4v) is 4.22. The second kappa shape index (κ2) is 8.55. The molecule has 2 aromatic carbocycles. The van der Waals surface area contributed by atoms with Crippen molar-refractivity contribution in [2.45, 2.75) is 32.6 Å². The number of carbonyl (C=O) groups excluding carboxylic acids is 2. The van der Waals surface area contributed by atoms with Crippen LogP contribution < -0.4 is 20.4 Å². The molecule has 0 aromatic heterocycles. The number of nitrogens with zero attached hydrogens (tertiary/aromatic N) is 2. The molecule has 29 heavy (non-hydrogen) atoms. The molecule has 6 nitrogen and oxygen atoms in total. The van der Waals surface area contributed by atoms with Crippen LogP contribution in [0.3, 0.4) is 0 Å². The SMILES string of the molecule is CC(=O)N1CCc2cc(NC(=O)CNc3ccccc3N3CCCCC3)ccc21. The quantitative estimate of drug-likeness (QED) is 0.815. The number of carbonyl (C=O) groups is 2. The molecule has 0 saturated carbocycles. The smallest absolute Gasteiger partial charge is 0.243 e. The van der Waals surface area contributed by atoms with E-state index in [1.807, 2.05) is 36.4 Å². The predicted octanol–water partition coefficient (Wildman–Crippen LogP) is 3.64. The van der Waals surface area contributed by atoms with E-state index in [1.54, 1.807) is 11.8 Å². The lowest BCUT2D eigenvalue weighted by molar-refractivity contribution is -0.116. The Labute approximate surface area is 171 Å². The van der Waals surface area contributed by atoms with Gasteiger partial charge in [0.2, 0.25) is 11.8 Å². The summed E-state index contributed by atoms with van der Waals surface area (Å²) in [4.78, 5) is 28.3. The molecule has 2 heterocycles. The minimum Gasteiger partial charge on any atom is -0.374 e. The van der Waals surface area contributed by atoms with Crippen LogP contribution in [0.2, 0.25) is 0 Å². The number of hydrogen-bond donors (Lipinski definition) is 2. The fourth-order valence-electron chi connectivity index (χ4n) is 4.22. The van der Waals surface area contributed by atoms with E-state index in [2.05, 4.69) is 21.6 Å². The molecule has 4 rings (SSSR count). The van der Waals surface area contributed by atoms with Crippen LogP contribution in [0.25, 0.3) is 0 Å². The molecule has 0 unspecified atom stereocenters. The highest BCUT2D eigenvalue weighted by Crippen LogP contribution is 2.31. The van der Waals surface area contributed by atoms with Crippen molar-refractivity contribution in [3.63, 3.8) is 0 Å². The van der Waals surface area contributed by atoms with Crippen LogP contribution in [0.4, 0.5) is 22.7 Å². The maximum absolute atomic E-state index is 12.5. The molecule has 2 aromatic rings. The van der Waals surface area contributed by atoms with Gasteiger partial charge in [-0.2, -0.15) is 0 Å². The van der Waals surface area contributed by atoms with Crippen LogP contribution in [0.15, 0.2) is 42.5 Å². The molecule has 0 bridgehead atoms. The molecule has 0 atom stereocenters. The molecular weight excluding hydrogens is 364 g/mol. The Morgan fingerprint density at radius 3 is 2.55 bits per heavy atom. The first-order chi connectivity index (χ1) is 14.1. The van der Waals surface area contributed by atoms with E-state index < -0.39 is 0 Å². The van der Waals surface area contributed by atoms with Crippen molar-refractivity contribution in [3.05, 3.63) is 48.0 Å². The topological polar surface area (TPSA) is 64.7 Å². The number of para-hydroxylation sites is 2. The minimum absolute atomic E-state index is 0.0529. The van der Waals surface area contributed by atoms with Gasteiger partial charge in [0.25, 0.3) is 0 Å². The number of amides is 2. The monoisotopic (exact) mass is 392 g/mol. The second-order valence-corrected chi connectivity index (χ2v) is 7.73. The van der Waals surface area contributed by atoms with E-state index in [4.69, 9.17) is 0 Å². The van der Waals surface area contributed by atoms with Gasteiger partial charge in [0.05, 0.1) is 17.9 Å². The maximum Gasteiger partial charge on any atom is 0.243 e. The lowest BCUT2D eigenvalue weighted by Crippen LogP contribution is -2.30. The van der Waals surface area contributed by atoms with Crippen molar-refractivity contribution in [1.82, 2.24) is 0 Å². The summed E-state index contributed by atoms with van der Waals surface area (Å²) in [5.41, 5.74) is 4.98. The van der Waals surface area contributed by atoms with Gasteiger partial charge in [0.15, 0.2) is 0 Å². The van der Waals surface area contributed by atoms with E-state index in [-0.39, 0.29) is 18.4 Å². The zero-order chi connectivity index (χ0) is 20.2. The zero-order valence-electron chi connectivity index (χ0n) is 16.9. The average Bonchev–Trinajstić information content (AvgIpc) is 3.17. The molecule has 0 aliphatic carbocycles. The molecule has 1 saturated heterocycles. The van der Waals surface area contributed by atoms with Crippen molar-refractivity contribution in [2.24, 2.45) is 0 Å². The first-order valence-electron chi connectivity index (χ1n) is 10.4. The second-order valence-electron chi connectivity index (χ2n) is 7.73. The number of fused-ring (bicyclic) bond motifs is 1. The molecule has 2 amide bonds. The maximum atomic E-state index is 12.5. The van der Waals surface area contributed by atoms with Crippen LogP contribution in [0.5, 0.6) is 0 Å². The van der Waals surface area contributed by atoms with Crippen LogP contribution in [-0.4, -0.2) is 38.0 Å². The Morgan fingerprint density at radius 1 is 0.966 bits per heavy atom. The number of benzene rings is 2. The summed E-state index contributed by atoms with van der Waals surface area (Å²) in [5.74, 6) is -0.0306. The number of anilines is 4. The van der Waals surface area contributed by atoms with Crippen molar-refractivity contribution in [3.8, 4) is 0 Å². The van der Waals surface area contributed by atoms with E-state index in [0.717, 1.165) is 42.1 Å². The molecule has 2 N–H and O–H groups in total. The predicted molar refractivity (Wildman–Crippen MR) is 118 cm³/mol. The molecule has 2 aliphatic heterocycles. The van der Waals surface area contributed by atoms with Crippen molar-refractivity contribution in [1.29, 1.82) is 0 Å². The molecule has 0 radical (unpaired) electrons. The summed E-state index contributed by atoms with van der Waals surface area (Å²) in [6.07, 6.45) is 4.54. The third kappa shape index (κ3) is 4.36. The van der Waals surface area contributed by atoms with Crippen molar-refractivity contribution in [2.75, 3.05) is 46.6 Å². The van der Waals surface area contributed by atoms with E-state index in [9.17, 15) is 9.59 Å². The Morgan fingerprint density at radius 2 is 1.76 bits per heavy atom. The number of piperidine rings is 1. The van der Waals surface area contributed by atoms with Gasteiger partial charge in [-0.1, -0.05) is 12.1 Å². The molecule has 6 heteroatoms. The van der Waals surface area contributed by atoms with Gasteiger partial charge in [-0.25, -0.2) is 0 Å². The van der Waals surface area contributed by atoms with Crippen LogP contribution >= 0.6 is 0 Å². The molecule has 0 spiro atoms. The lowest BCUT2D eigenvalue weighted by Gasteiger charge is -2.30. The molecule has 1 fully saturated rings. The molecular formula is C23H28N4O2. The highest BCUT2D eigenvalue weighted by atomic mass is 16.2. The summed E-state index contributed by atoms with van der Waals surface area (Å²) < 4.78 is 0. The number of hydrogen-bond acceptors (Lipinski definition) is 4. The van der Waals surface area contributed by atoms with Crippen molar-refractivity contribution >= 4 is 34.6 Å². The fraction of sp³-hybridized carbons (Fsp3) is 0.391. The Bertz CT molecular complexity index is 906. The normalized spacial score (nSPS) is 15.8. The van der Waals surface area contributed by atoms with Crippen LogP contribution in [-0.2, 0) is 16.0 Å². The molecule has 152 valence electrons. The van der Waals surface area contributed by atoms with Gasteiger partial charge in [0.1, 0.15) is 0 Å². The summed E-state index contributed by atoms with van der Waals surface area (Å²) in [6, 6.07) is 13.9. The Balaban J connectivity index is 1.37. The van der Waals surface area contributed by atoms with E-state index >= 15 is 0 Å². The summed E-state index contributed by atoms with van der Waals surface area (Å²) in [5, 5.41) is 6.26. The van der Waals surface area contributed by atoms with Crippen LogP contribution in [0.1, 0.15) is 31.7 Å². The summed E-state index contributed by atoms with van der Waals surface area (Å²) in [7, 11) is 0. The van der Waals surface area contributed by atoms with E-state index in [0.29, 0.717) is 6.54 Å². The number of rotatable bonds is 5. The molecule has 2 aliphatic rings. The Hall–Kier alpha value is -3.02. The number of nitrogens with one attached hydrogen (secondary N) is 2. The summed E-state index contributed by atoms with van der Waals surface area (Å²) >= 11 is 0. The van der Waals surface area contributed by atoms with Crippen molar-refractivity contribution < 1.29 is 9.59 Å². The first kappa shape index (κ1) is 19.3. The average molecular weight is 393 g/mol. The lowest BCUT2D eigenvalue weighted by atomic mass is 10.1. The van der Waals surface area contributed by atoms with Gasteiger partial charge < -0.3 is 20.4 Å². The highest BCUT2D eigenvalue weighted by molar-refractivity contribution is 5.97. The highest BCUT2D eigenvalue weighted by Gasteiger charge is 2.22. The van der Waals surface area contributed by atoms with Gasteiger partial charge in [-0.15, -0.1) is 0 Å². The van der Waals surface area contributed by atoms with Gasteiger partial charge in [-0.3, -0.25) is 9.59 Å². The Kier molecular flexibility index (Phi) is 5.69. The third-order valence-corrected chi connectivity index (χ3v) is 5.68. The largest absolute Gasteiger partial charge is 0.374 e. The van der Waals surface area contributed by atoms with Gasteiger partial charge >= 0.3 is 0 Å². The zero-order valence-corrected chi connectivity index (χ0v) is 16.9. The van der Waals surface area contributed by atoms with Gasteiger partial charge in [0, 0.05) is 37.9 Å². The minimum atomic E-state index is -0.0835. The van der Waals surface area contributed by atoms with Crippen LogP contribution in [0, 0.1) is 0 Å². The first-order valence-corrected chi connectivity index (χ1v) is 10.4. The summed E-state index contributed by atoms with van der Waals surface area (Å²) in [6.45, 7) is 4.63. The van der Waals surface area contributed by atoms with Gasteiger partial charge in [-0.05, 0) is 61.6 Å². The van der Waals surface area contributed by atoms with E-state index in [1.165, 1.54) is 24.9 Å². The standard InChI is InChI=1S/C23H28N4O2/c1-17(28)27-14-11-18-15-19(9-10-21(18)27)25-23(29)16-24-20-7-3-4-8-22(20)26-12-5-2-6-13-26/h3-4,7-10,15,24H,2,5-6,11-14,16H2,1H3,(H,25,29).